The molecule has 2 aromatic carbocycles. The molecule has 3 heterocycles. The van der Waals surface area contributed by atoms with E-state index in [4.69, 9.17) is 9.47 Å². The summed E-state index contributed by atoms with van der Waals surface area (Å²) in [6.45, 7) is 14.2. The SMILES string of the molecule is CC1=CC=C(OC=O)C1(C)C.CCc1cc(C2c3[nH]c4ccc(O)cc4c3CCN2C)ccc1OCCCN1CCCCC1. The number of carbonyl (C=O) groups is 1. The second kappa shape index (κ2) is 14.0. The average Bonchev–Trinajstić information content (AvgIpc) is 3.51. The fourth-order valence-corrected chi connectivity index (χ4v) is 6.71. The van der Waals surface area contributed by atoms with Gasteiger partial charge in [0.25, 0.3) is 6.47 Å². The number of nitrogens with one attached hydrogen (secondary N) is 1. The largest absolute Gasteiger partial charge is 0.508 e. The predicted octanol–water partition coefficient (Wildman–Crippen LogP) is 7.30. The predicted molar refractivity (Wildman–Crippen MR) is 177 cm³/mol. The van der Waals surface area contributed by atoms with E-state index in [2.05, 4.69) is 47.0 Å². The molecule has 0 bridgehead atoms. The van der Waals surface area contributed by atoms with Crippen LogP contribution in [0.3, 0.4) is 0 Å². The van der Waals surface area contributed by atoms with Crippen molar-refractivity contribution in [3.63, 3.8) is 0 Å². The molecule has 236 valence electrons. The van der Waals surface area contributed by atoms with E-state index in [0.29, 0.717) is 12.2 Å². The summed E-state index contributed by atoms with van der Waals surface area (Å²) in [6.07, 6.45) is 10.9. The van der Waals surface area contributed by atoms with Crippen LogP contribution in [-0.2, 0) is 22.4 Å². The van der Waals surface area contributed by atoms with Crippen LogP contribution >= 0.6 is 0 Å². The Balaban J connectivity index is 0.000000296. The molecule has 6 rings (SSSR count). The zero-order valence-electron chi connectivity index (χ0n) is 27.1. The van der Waals surface area contributed by atoms with E-state index in [0.717, 1.165) is 61.4 Å². The second-order valence-corrected chi connectivity index (χ2v) is 12.9. The minimum absolute atomic E-state index is 0.110. The quantitative estimate of drug-likeness (QED) is 0.199. The first-order valence-corrected chi connectivity index (χ1v) is 16.2. The number of nitrogens with zero attached hydrogens (tertiary/aromatic N) is 2. The third kappa shape index (κ3) is 6.89. The Hall–Kier alpha value is -3.55. The number of phenols is 1. The van der Waals surface area contributed by atoms with Gasteiger partial charge in [0.15, 0.2) is 0 Å². The number of aromatic nitrogens is 1. The van der Waals surface area contributed by atoms with Crippen LogP contribution in [0.15, 0.2) is 59.9 Å². The van der Waals surface area contributed by atoms with Gasteiger partial charge in [0.2, 0.25) is 0 Å². The van der Waals surface area contributed by atoms with Crippen molar-refractivity contribution >= 4 is 17.4 Å². The number of phenolic OH excluding ortho intramolecular Hbond substituents is 1. The first kappa shape index (κ1) is 31.9. The van der Waals surface area contributed by atoms with Crippen LogP contribution in [0.25, 0.3) is 10.9 Å². The Morgan fingerprint density at radius 2 is 1.86 bits per heavy atom. The molecule has 1 atom stereocenters. The summed E-state index contributed by atoms with van der Waals surface area (Å²) in [6, 6.07) is 12.6. The highest BCUT2D eigenvalue weighted by Crippen LogP contribution is 2.40. The summed E-state index contributed by atoms with van der Waals surface area (Å²) in [5, 5.41) is 11.2. The molecule has 44 heavy (non-hydrogen) atoms. The van der Waals surface area contributed by atoms with Gasteiger partial charge in [-0.1, -0.05) is 37.1 Å². The molecule has 0 spiro atoms. The molecule has 7 nitrogen and oxygen atoms in total. The molecule has 1 fully saturated rings. The van der Waals surface area contributed by atoms with Gasteiger partial charge in [0.05, 0.1) is 12.6 Å². The lowest BCUT2D eigenvalue weighted by atomic mass is 9.87. The van der Waals surface area contributed by atoms with Crippen LogP contribution in [0, 0.1) is 5.41 Å². The number of benzene rings is 2. The van der Waals surface area contributed by atoms with Gasteiger partial charge in [-0.25, -0.2) is 0 Å². The number of hydrogen-bond donors (Lipinski definition) is 2. The van der Waals surface area contributed by atoms with E-state index in [-0.39, 0.29) is 11.5 Å². The van der Waals surface area contributed by atoms with Crippen molar-refractivity contribution in [2.24, 2.45) is 5.41 Å². The summed E-state index contributed by atoms with van der Waals surface area (Å²) >= 11 is 0. The van der Waals surface area contributed by atoms with E-state index < -0.39 is 0 Å². The van der Waals surface area contributed by atoms with Gasteiger partial charge in [-0.2, -0.15) is 0 Å². The number of aromatic amines is 1. The molecule has 1 saturated heterocycles. The minimum Gasteiger partial charge on any atom is -0.508 e. The number of allylic oxidation sites excluding steroid dienone is 3. The molecular weight excluding hydrogens is 550 g/mol. The standard InChI is InChI=1S/C28H37N3O2.C9H12O2/c1-3-20-18-21(8-11-26(20)33-17-7-15-31-13-5-4-6-14-31)28-27-23(12-16-30(28)2)24-19-22(32)9-10-25(24)29-27;1-7-4-5-8(11-6-10)9(7,2)3/h8-11,18-19,28-29,32H,3-7,12-17H2,1-2H3;4-6H,1-3H3. The van der Waals surface area contributed by atoms with Crippen LogP contribution < -0.4 is 4.74 Å². The first-order chi connectivity index (χ1) is 21.2. The molecule has 2 N–H and O–H groups in total. The Bertz CT molecular complexity index is 1510. The lowest BCUT2D eigenvalue weighted by molar-refractivity contribution is -0.126. The lowest BCUT2D eigenvalue weighted by Crippen LogP contribution is -2.32. The number of H-pyrrole nitrogens is 1. The van der Waals surface area contributed by atoms with Crippen LogP contribution in [0.5, 0.6) is 11.5 Å². The van der Waals surface area contributed by atoms with Gasteiger partial charge in [-0.05, 0) is 120 Å². The smallest absolute Gasteiger partial charge is 0.298 e. The van der Waals surface area contributed by atoms with Crippen molar-refractivity contribution in [3.05, 3.63) is 82.3 Å². The fraction of sp³-hybridized carbons (Fsp3) is 0.486. The number of rotatable bonds is 9. The normalized spacial score (nSPS) is 19.9. The fourth-order valence-electron chi connectivity index (χ4n) is 6.71. The molecule has 1 aromatic heterocycles. The van der Waals surface area contributed by atoms with Crippen molar-refractivity contribution in [1.29, 1.82) is 0 Å². The van der Waals surface area contributed by atoms with Crippen LogP contribution in [0.1, 0.15) is 81.8 Å². The highest BCUT2D eigenvalue weighted by atomic mass is 16.5. The van der Waals surface area contributed by atoms with Gasteiger partial charge in [0.1, 0.15) is 17.3 Å². The highest BCUT2D eigenvalue weighted by Gasteiger charge is 2.31. The maximum absolute atomic E-state index is 10.1. The molecule has 0 saturated carbocycles. The average molecular weight is 600 g/mol. The van der Waals surface area contributed by atoms with Gasteiger partial charge in [-0.15, -0.1) is 0 Å². The number of ether oxygens (including phenoxy) is 2. The van der Waals surface area contributed by atoms with E-state index in [9.17, 15) is 9.90 Å². The third-order valence-electron chi connectivity index (χ3n) is 9.72. The van der Waals surface area contributed by atoms with E-state index in [1.165, 1.54) is 60.3 Å². The molecule has 2 aliphatic heterocycles. The molecule has 0 amide bonds. The molecule has 3 aliphatic rings. The van der Waals surface area contributed by atoms with Crippen molar-refractivity contribution in [2.45, 2.75) is 72.3 Å². The number of piperidine rings is 1. The molecular formula is C37H49N3O4. The first-order valence-electron chi connectivity index (χ1n) is 16.2. The van der Waals surface area contributed by atoms with Crippen LogP contribution in [0.2, 0.25) is 0 Å². The summed E-state index contributed by atoms with van der Waals surface area (Å²) < 4.78 is 11.1. The van der Waals surface area contributed by atoms with Crippen molar-refractivity contribution < 1.29 is 19.4 Å². The number of carbonyl (C=O) groups excluding carboxylic acids is 1. The van der Waals surface area contributed by atoms with Gasteiger partial charge < -0.3 is 24.5 Å². The van der Waals surface area contributed by atoms with Gasteiger partial charge >= 0.3 is 0 Å². The Morgan fingerprint density at radius 1 is 1.07 bits per heavy atom. The van der Waals surface area contributed by atoms with Gasteiger partial charge in [0, 0.05) is 35.1 Å². The summed E-state index contributed by atoms with van der Waals surface area (Å²) in [5.41, 5.74) is 7.37. The number of hydrogen-bond acceptors (Lipinski definition) is 6. The number of likely N-dealkylation sites (tertiary alicyclic amines) is 1. The lowest BCUT2D eigenvalue weighted by Gasteiger charge is -2.33. The van der Waals surface area contributed by atoms with Crippen molar-refractivity contribution in [2.75, 3.05) is 39.8 Å². The summed E-state index contributed by atoms with van der Waals surface area (Å²) in [4.78, 5) is 18.7. The number of likely N-dealkylation sites (N-methyl/N-ethyl adjacent to an activating group) is 1. The third-order valence-corrected chi connectivity index (χ3v) is 9.72. The number of aryl methyl sites for hydroxylation is 1. The Labute approximate surface area is 262 Å². The summed E-state index contributed by atoms with van der Waals surface area (Å²) in [5.74, 6) is 2.08. The maximum atomic E-state index is 10.1. The maximum Gasteiger partial charge on any atom is 0.298 e. The van der Waals surface area contributed by atoms with Crippen LogP contribution in [0.4, 0.5) is 0 Å². The number of fused-ring (bicyclic) bond motifs is 3. The minimum atomic E-state index is -0.110. The molecule has 1 aliphatic carbocycles. The Kier molecular flexibility index (Phi) is 10.2. The Morgan fingerprint density at radius 3 is 2.57 bits per heavy atom. The zero-order valence-corrected chi connectivity index (χ0v) is 27.1. The zero-order chi connectivity index (χ0) is 31.3. The highest BCUT2D eigenvalue weighted by molar-refractivity contribution is 5.86. The topological polar surface area (TPSA) is 78.0 Å². The second-order valence-electron chi connectivity index (χ2n) is 12.9. The van der Waals surface area contributed by atoms with Crippen LogP contribution in [-0.4, -0.2) is 66.2 Å². The monoisotopic (exact) mass is 599 g/mol. The van der Waals surface area contributed by atoms with Crippen molar-refractivity contribution in [3.8, 4) is 11.5 Å². The van der Waals surface area contributed by atoms with E-state index in [1.54, 1.807) is 6.07 Å². The molecule has 1 unspecified atom stereocenters. The van der Waals surface area contributed by atoms with E-state index in [1.807, 2.05) is 45.1 Å². The van der Waals surface area contributed by atoms with Crippen molar-refractivity contribution in [1.82, 2.24) is 14.8 Å². The molecule has 3 aromatic rings. The van der Waals surface area contributed by atoms with Gasteiger partial charge in [-0.3, -0.25) is 9.69 Å². The van der Waals surface area contributed by atoms with E-state index >= 15 is 0 Å². The number of aromatic hydroxyl groups is 1. The molecule has 0 radical (unpaired) electrons. The molecule has 7 heteroatoms. The summed E-state index contributed by atoms with van der Waals surface area (Å²) in [7, 11) is 2.20.